The largest absolute Gasteiger partial charge is 0.387 e. The predicted molar refractivity (Wildman–Crippen MR) is 80.0 cm³/mol. The fourth-order valence-electron chi connectivity index (χ4n) is 3.22. The van der Waals surface area contributed by atoms with Crippen LogP contribution in [0.5, 0.6) is 0 Å². The molecule has 2 nitrogen and oxygen atoms in total. The van der Waals surface area contributed by atoms with E-state index in [1.807, 2.05) is 0 Å². The summed E-state index contributed by atoms with van der Waals surface area (Å²) >= 11 is 0. The zero-order valence-electron chi connectivity index (χ0n) is 12.3. The van der Waals surface area contributed by atoms with Crippen LogP contribution in [0.15, 0.2) is 24.3 Å². The maximum Gasteiger partial charge on any atom is 0.129 e. The Bertz CT molecular complexity index is 410. The van der Waals surface area contributed by atoms with Gasteiger partial charge in [0.25, 0.3) is 0 Å². The van der Waals surface area contributed by atoms with Crippen molar-refractivity contribution in [3.63, 3.8) is 0 Å². The average molecular weight is 279 g/mol. The summed E-state index contributed by atoms with van der Waals surface area (Å²) in [7, 11) is 0. The molecule has 1 aromatic rings. The molecule has 0 bridgehead atoms. The van der Waals surface area contributed by atoms with Crippen LogP contribution in [-0.2, 0) is 0 Å². The fourth-order valence-corrected chi connectivity index (χ4v) is 3.22. The van der Waals surface area contributed by atoms with Crippen LogP contribution in [0, 0.1) is 17.7 Å². The number of aliphatic hydroxyl groups excluding tert-OH is 1. The number of hydrogen-bond donors (Lipinski definition) is 2. The normalized spacial score (nSPS) is 24.6. The summed E-state index contributed by atoms with van der Waals surface area (Å²) < 4.78 is 13.5. The third kappa shape index (κ3) is 4.57. The van der Waals surface area contributed by atoms with Crippen molar-refractivity contribution in [1.82, 2.24) is 5.32 Å². The zero-order valence-corrected chi connectivity index (χ0v) is 12.3. The maximum atomic E-state index is 13.5. The van der Waals surface area contributed by atoms with Gasteiger partial charge >= 0.3 is 0 Å². The molecule has 3 atom stereocenters. The third-order valence-electron chi connectivity index (χ3n) is 4.38. The van der Waals surface area contributed by atoms with Crippen molar-refractivity contribution in [2.45, 2.75) is 45.1 Å². The summed E-state index contributed by atoms with van der Waals surface area (Å²) in [6, 6.07) is 6.43. The molecule has 2 N–H and O–H groups in total. The first kappa shape index (κ1) is 15.5. The minimum absolute atomic E-state index is 0.331. The molecule has 0 spiro atoms. The second-order valence-electron chi connectivity index (χ2n) is 6.17. The monoisotopic (exact) mass is 279 g/mol. The Hall–Kier alpha value is -0.930. The van der Waals surface area contributed by atoms with Crippen LogP contribution in [0.1, 0.15) is 50.7 Å². The third-order valence-corrected chi connectivity index (χ3v) is 4.38. The first-order valence-electron chi connectivity index (χ1n) is 7.80. The summed E-state index contributed by atoms with van der Waals surface area (Å²) in [4.78, 5) is 0. The molecule has 112 valence electrons. The van der Waals surface area contributed by atoms with Crippen molar-refractivity contribution in [1.29, 1.82) is 0 Å². The molecule has 1 aromatic carbocycles. The first-order valence-corrected chi connectivity index (χ1v) is 7.80. The van der Waals surface area contributed by atoms with E-state index in [-0.39, 0.29) is 5.82 Å². The molecule has 0 radical (unpaired) electrons. The number of nitrogens with one attached hydrogen (secondary N) is 1. The molecule has 0 amide bonds. The minimum Gasteiger partial charge on any atom is -0.387 e. The van der Waals surface area contributed by atoms with Gasteiger partial charge in [0.15, 0.2) is 0 Å². The molecule has 1 aliphatic rings. The number of halogens is 1. The highest BCUT2D eigenvalue weighted by Gasteiger charge is 2.18. The van der Waals surface area contributed by atoms with E-state index in [4.69, 9.17) is 0 Å². The number of benzene rings is 1. The quantitative estimate of drug-likeness (QED) is 0.779. The summed E-state index contributed by atoms with van der Waals surface area (Å²) in [6.07, 6.45) is 5.79. The van der Waals surface area contributed by atoms with E-state index in [1.54, 1.807) is 18.2 Å². The van der Waals surface area contributed by atoms with Crippen LogP contribution < -0.4 is 5.32 Å². The molecule has 1 saturated carbocycles. The second-order valence-corrected chi connectivity index (χ2v) is 6.17. The molecule has 0 aromatic heterocycles. The van der Waals surface area contributed by atoms with Crippen molar-refractivity contribution in [2.75, 3.05) is 13.1 Å². The van der Waals surface area contributed by atoms with Gasteiger partial charge in [0.2, 0.25) is 0 Å². The van der Waals surface area contributed by atoms with Crippen molar-refractivity contribution < 1.29 is 9.50 Å². The van der Waals surface area contributed by atoms with Gasteiger partial charge in [-0.25, -0.2) is 4.39 Å². The molecule has 0 heterocycles. The Morgan fingerprint density at radius 1 is 1.35 bits per heavy atom. The lowest BCUT2D eigenvalue weighted by Crippen LogP contribution is -2.25. The molecule has 1 aliphatic carbocycles. The van der Waals surface area contributed by atoms with Crippen molar-refractivity contribution in [3.05, 3.63) is 35.6 Å². The van der Waals surface area contributed by atoms with Crippen molar-refractivity contribution in [2.24, 2.45) is 11.8 Å². The Labute approximate surface area is 121 Å². The van der Waals surface area contributed by atoms with Gasteiger partial charge in [-0.1, -0.05) is 44.4 Å². The molecule has 2 rings (SSSR count). The lowest BCUT2D eigenvalue weighted by molar-refractivity contribution is 0.168. The van der Waals surface area contributed by atoms with E-state index in [1.165, 1.54) is 31.7 Å². The molecule has 0 aliphatic heterocycles. The molecule has 3 heteroatoms. The van der Waals surface area contributed by atoms with Gasteiger partial charge in [-0.05, 0) is 37.3 Å². The van der Waals surface area contributed by atoms with E-state index in [0.717, 1.165) is 24.8 Å². The minimum atomic E-state index is -0.763. The smallest absolute Gasteiger partial charge is 0.129 e. The molecule has 3 unspecified atom stereocenters. The lowest BCUT2D eigenvalue weighted by Gasteiger charge is -2.26. The number of rotatable bonds is 6. The van der Waals surface area contributed by atoms with Gasteiger partial charge in [0, 0.05) is 12.1 Å². The van der Waals surface area contributed by atoms with Gasteiger partial charge in [0.1, 0.15) is 5.82 Å². The standard InChI is InChI=1S/C17H26FNO/c1-13-5-4-6-14(11-13)9-10-19-12-17(20)15-7-2-3-8-16(15)18/h2-3,7-8,13-14,17,19-20H,4-6,9-12H2,1H3. The predicted octanol–water partition coefficient (Wildman–Crippen LogP) is 3.67. The van der Waals surface area contributed by atoms with Crippen LogP contribution in [-0.4, -0.2) is 18.2 Å². The van der Waals surface area contributed by atoms with Gasteiger partial charge < -0.3 is 10.4 Å². The van der Waals surface area contributed by atoms with Crippen LogP contribution in [0.2, 0.25) is 0 Å². The first-order chi connectivity index (χ1) is 9.66. The van der Waals surface area contributed by atoms with Crippen LogP contribution >= 0.6 is 0 Å². The zero-order chi connectivity index (χ0) is 14.4. The van der Waals surface area contributed by atoms with Crippen LogP contribution in [0.3, 0.4) is 0 Å². The van der Waals surface area contributed by atoms with Crippen molar-refractivity contribution in [3.8, 4) is 0 Å². The highest BCUT2D eigenvalue weighted by atomic mass is 19.1. The maximum absolute atomic E-state index is 13.5. The second kappa shape index (κ2) is 7.75. The van der Waals surface area contributed by atoms with Crippen molar-refractivity contribution >= 4 is 0 Å². The Morgan fingerprint density at radius 2 is 2.15 bits per heavy atom. The SMILES string of the molecule is CC1CCCC(CCNCC(O)c2ccccc2F)C1. The number of hydrogen-bond acceptors (Lipinski definition) is 2. The molecule has 0 saturated heterocycles. The average Bonchev–Trinajstić information content (AvgIpc) is 2.44. The summed E-state index contributed by atoms with van der Waals surface area (Å²) in [6.45, 7) is 3.66. The van der Waals surface area contributed by atoms with E-state index in [9.17, 15) is 9.50 Å². The molecular formula is C17H26FNO. The van der Waals surface area contributed by atoms with E-state index in [2.05, 4.69) is 12.2 Å². The van der Waals surface area contributed by atoms with Crippen LogP contribution in [0.25, 0.3) is 0 Å². The molecule has 20 heavy (non-hydrogen) atoms. The van der Waals surface area contributed by atoms with Gasteiger partial charge in [-0.2, -0.15) is 0 Å². The lowest BCUT2D eigenvalue weighted by atomic mass is 9.81. The highest BCUT2D eigenvalue weighted by molar-refractivity contribution is 5.19. The fraction of sp³-hybridized carbons (Fsp3) is 0.647. The summed E-state index contributed by atoms with van der Waals surface area (Å²) in [5, 5.41) is 13.2. The summed E-state index contributed by atoms with van der Waals surface area (Å²) in [5.74, 6) is 1.34. The molecule has 1 fully saturated rings. The Balaban J connectivity index is 1.67. The topological polar surface area (TPSA) is 32.3 Å². The Kier molecular flexibility index (Phi) is 5.99. The van der Waals surface area contributed by atoms with E-state index < -0.39 is 6.10 Å². The Morgan fingerprint density at radius 3 is 2.90 bits per heavy atom. The molecular weight excluding hydrogens is 253 g/mol. The van der Waals surface area contributed by atoms with Gasteiger partial charge in [-0.15, -0.1) is 0 Å². The van der Waals surface area contributed by atoms with E-state index >= 15 is 0 Å². The van der Waals surface area contributed by atoms with Crippen LogP contribution in [0.4, 0.5) is 4.39 Å². The highest BCUT2D eigenvalue weighted by Crippen LogP contribution is 2.30. The van der Waals surface area contributed by atoms with Gasteiger partial charge in [-0.3, -0.25) is 0 Å². The summed E-state index contributed by atoms with van der Waals surface area (Å²) in [5.41, 5.74) is 0.381. The van der Waals surface area contributed by atoms with E-state index in [0.29, 0.717) is 12.1 Å². The van der Waals surface area contributed by atoms with Gasteiger partial charge in [0.05, 0.1) is 6.10 Å². The number of aliphatic hydroxyl groups is 1.